The molecule has 1 fully saturated rings. The molecule has 1 amide bonds. The number of para-hydroxylation sites is 1. The van der Waals surface area contributed by atoms with Crippen molar-refractivity contribution in [1.82, 2.24) is 10.2 Å². The Morgan fingerprint density at radius 3 is 2.91 bits per heavy atom. The lowest BCUT2D eigenvalue weighted by Gasteiger charge is -2.25. The molecule has 2 aliphatic rings. The highest BCUT2D eigenvalue weighted by atomic mass is 16.6. The van der Waals surface area contributed by atoms with E-state index < -0.39 is 5.60 Å². The summed E-state index contributed by atoms with van der Waals surface area (Å²) < 4.78 is 11.1. The van der Waals surface area contributed by atoms with Crippen molar-refractivity contribution >= 4 is 6.09 Å². The first-order valence-corrected chi connectivity index (χ1v) is 7.88. The molecule has 0 radical (unpaired) electrons. The number of hydrogen-bond donors (Lipinski definition) is 1. The minimum atomic E-state index is -0.444. The normalized spacial score (nSPS) is 24.0. The van der Waals surface area contributed by atoms with Crippen molar-refractivity contribution in [3.05, 3.63) is 29.8 Å². The van der Waals surface area contributed by atoms with Crippen LogP contribution in [0.25, 0.3) is 0 Å². The van der Waals surface area contributed by atoms with E-state index >= 15 is 0 Å². The van der Waals surface area contributed by atoms with E-state index in [0.717, 1.165) is 18.7 Å². The second-order valence-electron chi connectivity index (χ2n) is 6.98. The molecule has 2 heterocycles. The van der Waals surface area contributed by atoms with Crippen LogP contribution in [0.5, 0.6) is 5.75 Å². The zero-order chi connectivity index (χ0) is 15.7. The smallest absolute Gasteiger partial charge is 0.410 e. The fourth-order valence-corrected chi connectivity index (χ4v) is 2.97. The molecular weight excluding hydrogens is 280 g/mol. The second kappa shape index (κ2) is 5.80. The lowest BCUT2D eigenvalue weighted by Crippen LogP contribution is -2.39. The summed E-state index contributed by atoms with van der Waals surface area (Å²) in [6.07, 6.45) is 0.720. The Kier molecular flexibility index (Phi) is 4.00. The van der Waals surface area contributed by atoms with Gasteiger partial charge in [0.2, 0.25) is 0 Å². The van der Waals surface area contributed by atoms with Gasteiger partial charge in [-0.25, -0.2) is 4.79 Å². The molecule has 2 aliphatic heterocycles. The van der Waals surface area contributed by atoms with Gasteiger partial charge in [-0.3, -0.25) is 0 Å². The van der Waals surface area contributed by atoms with Crippen LogP contribution >= 0.6 is 0 Å². The molecule has 3 rings (SSSR count). The Morgan fingerprint density at radius 1 is 1.36 bits per heavy atom. The molecule has 1 aromatic carbocycles. The Balaban J connectivity index is 1.55. The van der Waals surface area contributed by atoms with Crippen LogP contribution in [0.15, 0.2) is 24.3 Å². The topological polar surface area (TPSA) is 50.8 Å². The number of carbonyl (C=O) groups excluding carboxylic acids is 1. The summed E-state index contributed by atoms with van der Waals surface area (Å²) in [7, 11) is 0. The minimum Gasteiger partial charge on any atom is -0.491 e. The van der Waals surface area contributed by atoms with Crippen molar-refractivity contribution < 1.29 is 14.3 Å². The van der Waals surface area contributed by atoms with Gasteiger partial charge < -0.3 is 19.7 Å². The molecule has 0 saturated carbocycles. The minimum absolute atomic E-state index is 0.208. The molecule has 2 unspecified atom stereocenters. The first-order valence-electron chi connectivity index (χ1n) is 7.88. The van der Waals surface area contributed by atoms with E-state index in [2.05, 4.69) is 11.4 Å². The third-order valence-electron chi connectivity index (χ3n) is 3.98. The van der Waals surface area contributed by atoms with Crippen molar-refractivity contribution in [3.8, 4) is 5.75 Å². The van der Waals surface area contributed by atoms with Crippen LogP contribution in [0.2, 0.25) is 0 Å². The number of nitrogens with zero attached hydrogens (tertiary/aromatic N) is 1. The predicted molar refractivity (Wildman–Crippen MR) is 84.0 cm³/mol. The van der Waals surface area contributed by atoms with Crippen LogP contribution in [0.3, 0.4) is 0 Å². The van der Waals surface area contributed by atoms with Gasteiger partial charge in [-0.15, -0.1) is 0 Å². The van der Waals surface area contributed by atoms with Crippen LogP contribution in [0, 0.1) is 0 Å². The highest BCUT2D eigenvalue weighted by Gasteiger charge is 2.33. The largest absolute Gasteiger partial charge is 0.491 e. The number of hydrogen-bond acceptors (Lipinski definition) is 4. The molecule has 2 atom stereocenters. The number of amides is 1. The van der Waals surface area contributed by atoms with Crippen LogP contribution in [-0.2, 0) is 4.74 Å². The SMILES string of the molecule is CC(C)(C)OC(=O)N1CCC(NC2COc3ccccc32)C1. The molecule has 1 aromatic rings. The predicted octanol–water partition coefficient (Wildman–Crippen LogP) is 2.72. The van der Waals surface area contributed by atoms with Gasteiger partial charge in [0.05, 0.1) is 6.04 Å². The number of benzene rings is 1. The average molecular weight is 304 g/mol. The lowest BCUT2D eigenvalue weighted by atomic mass is 10.1. The zero-order valence-corrected chi connectivity index (χ0v) is 13.5. The van der Waals surface area contributed by atoms with Gasteiger partial charge in [0.25, 0.3) is 0 Å². The van der Waals surface area contributed by atoms with Gasteiger partial charge >= 0.3 is 6.09 Å². The molecule has 120 valence electrons. The van der Waals surface area contributed by atoms with Gasteiger partial charge in [-0.05, 0) is 33.3 Å². The van der Waals surface area contributed by atoms with Crippen molar-refractivity contribution in [2.45, 2.75) is 44.9 Å². The zero-order valence-electron chi connectivity index (χ0n) is 13.5. The van der Waals surface area contributed by atoms with Crippen molar-refractivity contribution in [2.24, 2.45) is 0 Å². The van der Waals surface area contributed by atoms with Gasteiger partial charge in [0, 0.05) is 24.7 Å². The molecule has 0 aromatic heterocycles. The molecular formula is C17H24N2O3. The summed E-state index contributed by atoms with van der Waals surface area (Å²) in [6.45, 7) is 7.76. The summed E-state index contributed by atoms with van der Waals surface area (Å²) >= 11 is 0. The molecule has 1 saturated heterocycles. The standard InChI is InChI=1S/C17H24N2O3/c1-17(2,3)22-16(20)19-9-8-12(10-19)18-14-11-21-15-7-5-4-6-13(14)15/h4-7,12,14,18H,8-11H2,1-3H3. The molecule has 0 spiro atoms. The molecule has 1 N–H and O–H groups in total. The number of likely N-dealkylation sites (tertiary alicyclic amines) is 1. The second-order valence-corrected chi connectivity index (χ2v) is 6.98. The molecule has 0 aliphatic carbocycles. The molecule has 22 heavy (non-hydrogen) atoms. The van der Waals surface area contributed by atoms with E-state index in [0.29, 0.717) is 13.2 Å². The average Bonchev–Trinajstić information content (AvgIpc) is 3.05. The van der Waals surface area contributed by atoms with E-state index in [9.17, 15) is 4.79 Å². The highest BCUT2D eigenvalue weighted by molar-refractivity contribution is 5.68. The fraction of sp³-hybridized carbons (Fsp3) is 0.588. The summed E-state index contributed by atoms with van der Waals surface area (Å²) in [5, 5.41) is 3.61. The number of fused-ring (bicyclic) bond motifs is 1. The monoisotopic (exact) mass is 304 g/mol. The van der Waals surface area contributed by atoms with E-state index in [1.807, 2.05) is 39.0 Å². The van der Waals surface area contributed by atoms with Crippen LogP contribution in [-0.4, -0.2) is 42.3 Å². The fourth-order valence-electron chi connectivity index (χ4n) is 2.97. The summed E-state index contributed by atoms with van der Waals surface area (Å²) in [4.78, 5) is 13.9. The number of nitrogens with one attached hydrogen (secondary N) is 1. The summed E-state index contributed by atoms with van der Waals surface area (Å²) in [5.74, 6) is 0.960. The van der Waals surface area contributed by atoms with Crippen LogP contribution in [0.4, 0.5) is 4.79 Å². The van der Waals surface area contributed by atoms with Crippen LogP contribution in [0.1, 0.15) is 38.8 Å². The number of ether oxygens (including phenoxy) is 2. The van der Waals surface area contributed by atoms with E-state index in [1.54, 1.807) is 4.90 Å². The maximum absolute atomic E-state index is 12.1. The van der Waals surface area contributed by atoms with Crippen molar-refractivity contribution in [1.29, 1.82) is 0 Å². The van der Waals surface area contributed by atoms with E-state index in [-0.39, 0.29) is 18.2 Å². The Hall–Kier alpha value is -1.75. The van der Waals surface area contributed by atoms with Gasteiger partial charge in [0.15, 0.2) is 0 Å². The van der Waals surface area contributed by atoms with Gasteiger partial charge in [-0.2, -0.15) is 0 Å². The highest BCUT2D eigenvalue weighted by Crippen LogP contribution is 2.32. The Labute approximate surface area is 131 Å². The summed E-state index contributed by atoms with van der Waals surface area (Å²) in [5.41, 5.74) is 0.763. The number of carbonyl (C=O) groups is 1. The molecule has 5 heteroatoms. The van der Waals surface area contributed by atoms with Crippen LogP contribution < -0.4 is 10.1 Å². The van der Waals surface area contributed by atoms with Gasteiger partial charge in [0.1, 0.15) is 18.0 Å². The van der Waals surface area contributed by atoms with Crippen molar-refractivity contribution in [3.63, 3.8) is 0 Å². The van der Waals surface area contributed by atoms with E-state index in [4.69, 9.17) is 9.47 Å². The van der Waals surface area contributed by atoms with Crippen molar-refractivity contribution in [2.75, 3.05) is 19.7 Å². The summed E-state index contributed by atoms with van der Waals surface area (Å²) in [6, 6.07) is 8.61. The number of rotatable bonds is 2. The molecule has 0 bridgehead atoms. The lowest BCUT2D eigenvalue weighted by molar-refractivity contribution is 0.0290. The first-order chi connectivity index (χ1) is 10.4. The molecule has 5 nitrogen and oxygen atoms in total. The third-order valence-corrected chi connectivity index (χ3v) is 3.98. The maximum atomic E-state index is 12.1. The van der Waals surface area contributed by atoms with E-state index in [1.165, 1.54) is 5.56 Å². The Bertz CT molecular complexity index is 553. The maximum Gasteiger partial charge on any atom is 0.410 e. The van der Waals surface area contributed by atoms with Gasteiger partial charge in [-0.1, -0.05) is 18.2 Å². The quantitative estimate of drug-likeness (QED) is 0.913. The Morgan fingerprint density at radius 2 is 2.14 bits per heavy atom. The third kappa shape index (κ3) is 3.35. The first kappa shape index (κ1) is 15.2.